The van der Waals surface area contributed by atoms with Crippen molar-refractivity contribution < 1.29 is 9.32 Å². The summed E-state index contributed by atoms with van der Waals surface area (Å²) in [4.78, 5) is 26.4. The number of likely N-dealkylation sites (tertiary alicyclic amines) is 1. The lowest BCUT2D eigenvalue weighted by Gasteiger charge is -2.26. The van der Waals surface area contributed by atoms with Crippen LogP contribution >= 0.6 is 11.6 Å². The van der Waals surface area contributed by atoms with Crippen molar-refractivity contribution in [1.29, 1.82) is 0 Å². The van der Waals surface area contributed by atoms with Crippen LogP contribution in [0.15, 0.2) is 35.0 Å². The minimum atomic E-state index is -0.145. The molecule has 0 unspecified atom stereocenters. The highest BCUT2D eigenvalue weighted by atomic mass is 35.5. The third kappa shape index (κ3) is 4.28. The fourth-order valence-corrected chi connectivity index (χ4v) is 4.18. The van der Waals surface area contributed by atoms with Crippen LogP contribution in [-0.2, 0) is 11.2 Å². The van der Waals surface area contributed by atoms with Crippen LogP contribution in [0.2, 0.25) is 5.02 Å². The van der Waals surface area contributed by atoms with Gasteiger partial charge < -0.3 is 14.3 Å². The molecule has 1 aromatic carbocycles. The van der Waals surface area contributed by atoms with Gasteiger partial charge in [0.1, 0.15) is 0 Å². The zero-order valence-corrected chi connectivity index (χ0v) is 19.0. The molecule has 0 saturated carbocycles. The number of benzene rings is 1. The summed E-state index contributed by atoms with van der Waals surface area (Å²) >= 11 is 6.10. The third-order valence-corrected chi connectivity index (χ3v) is 5.98. The zero-order valence-electron chi connectivity index (χ0n) is 18.2. The molecule has 1 amide bonds. The van der Waals surface area contributed by atoms with Gasteiger partial charge in [-0.2, -0.15) is 0 Å². The highest BCUT2D eigenvalue weighted by molar-refractivity contribution is 6.30. The summed E-state index contributed by atoms with van der Waals surface area (Å²) in [6, 6.07) is 7.30. The lowest BCUT2D eigenvalue weighted by molar-refractivity contribution is -0.131. The van der Waals surface area contributed by atoms with E-state index in [1.54, 1.807) is 6.20 Å². The molecule has 8 heteroatoms. The molecule has 4 rings (SSSR count). The summed E-state index contributed by atoms with van der Waals surface area (Å²) in [5, 5.41) is 4.73. The Balaban J connectivity index is 1.71. The van der Waals surface area contributed by atoms with Gasteiger partial charge in [-0.05, 0) is 44.4 Å². The smallest absolute Gasteiger partial charge is 0.227 e. The largest absolute Gasteiger partial charge is 0.356 e. The van der Waals surface area contributed by atoms with Gasteiger partial charge in [0.05, 0.1) is 29.4 Å². The minimum Gasteiger partial charge on any atom is -0.356 e. The predicted octanol–water partition coefficient (Wildman–Crippen LogP) is 4.37. The van der Waals surface area contributed by atoms with Crippen molar-refractivity contribution in [2.75, 3.05) is 25.5 Å². The van der Waals surface area contributed by atoms with Crippen molar-refractivity contribution >= 4 is 23.5 Å². The molecule has 1 aliphatic heterocycles. The fraction of sp³-hybridized carbons (Fsp3) is 0.391. The quantitative estimate of drug-likeness (QED) is 0.587. The number of rotatable bonds is 5. The van der Waals surface area contributed by atoms with E-state index in [0.717, 1.165) is 40.9 Å². The summed E-state index contributed by atoms with van der Waals surface area (Å²) in [5.41, 5.74) is 4.28. The van der Waals surface area contributed by atoms with Crippen molar-refractivity contribution in [3.05, 3.63) is 58.0 Å². The van der Waals surface area contributed by atoms with E-state index in [2.05, 4.69) is 10.1 Å². The highest BCUT2D eigenvalue weighted by Crippen LogP contribution is 2.38. The SMILES string of the molecule is Cc1noc(-c2cnc(N(C)C)nc2[C@@H]2CCCN2C(=O)Cc2cccc(Cl)c2)c1C. The van der Waals surface area contributed by atoms with Gasteiger partial charge in [0.25, 0.3) is 0 Å². The van der Waals surface area contributed by atoms with Crippen molar-refractivity contribution in [3.63, 3.8) is 0 Å². The van der Waals surface area contributed by atoms with Gasteiger partial charge in [0, 0.05) is 37.4 Å². The molecule has 0 bridgehead atoms. The number of anilines is 1. The zero-order chi connectivity index (χ0) is 22.1. The van der Waals surface area contributed by atoms with Gasteiger partial charge in [-0.3, -0.25) is 4.79 Å². The van der Waals surface area contributed by atoms with E-state index in [1.807, 2.05) is 62.0 Å². The molecule has 1 saturated heterocycles. The van der Waals surface area contributed by atoms with Gasteiger partial charge in [0.2, 0.25) is 11.9 Å². The second kappa shape index (κ2) is 8.67. The number of carbonyl (C=O) groups excluding carboxylic acids is 1. The fourth-order valence-electron chi connectivity index (χ4n) is 3.97. The van der Waals surface area contributed by atoms with Crippen LogP contribution in [0.4, 0.5) is 5.95 Å². The number of hydrogen-bond donors (Lipinski definition) is 0. The van der Waals surface area contributed by atoms with Crippen molar-refractivity contribution in [2.45, 2.75) is 39.2 Å². The Morgan fingerprint density at radius 3 is 2.81 bits per heavy atom. The monoisotopic (exact) mass is 439 g/mol. The van der Waals surface area contributed by atoms with Crippen molar-refractivity contribution in [2.24, 2.45) is 0 Å². The van der Waals surface area contributed by atoms with Gasteiger partial charge in [-0.1, -0.05) is 28.9 Å². The van der Waals surface area contributed by atoms with E-state index in [9.17, 15) is 4.79 Å². The Hall–Kier alpha value is -2.93. The molecule has 0 aliphatic carbocycles. The molecule has 1 fully saturated rings. The van der Waals surface area contributed by atoms with E-state index in [4.69, 9.17) is 21.1 Å². The number of halogens is 1. The summed E-state index contributed by atoms with van der Waals surface area (Å²) in [6.45, 7) is 4.58. The van der Waals surface area contributed by atoms with Gasteiger partial charge >= 0.3 is 0 Å². The maximum atomic E-state index is 13.2. The molecule has 0 radical (unpaired) electrons. The van der Waals surface area contributed by atoms with E-state index in [-0.39, 0.29) is 11.9 Å². The lowest BCUT2D eigenvalue weighted by Crippen LogP contribution is -2.32. The topological polar surface area (TPSA) is 75.4 Å². The van der Waals surface area contributed by atoms with Gasteiger partial charge in [-0.15, -0.1) is 0 Å². The number of amides is 1. The maximum absolute atomic E-state index is 13.2. The number of aromatic nitrogens is 3. The second-order valence-electron chi connectivity index (χ2n) is 8.14. The molecule has 1 atom stereocenters. The van der Waals surface area contributed by atoms with Crippen LogP contribution in [-0.4, -0.2) is 46.6 Å². The number of nitrogens with zero attached hydrogens (tertiary/aromatic N) is 5. The first-order valence-electron chi connectivity index (χ1n) is 10.4. The molecule has 7 nitrogen and oxygen atoms in total. The molecule has 162 valence electrons. The van der Waals surface area contributed by atoms with Crippen LogP contribution in [0.25, 0.3) is 11.3 Å². The molecule has 3 aromatic rings. The molecule has 2 aromatic heterocycles. The Kier molecular flexibility index (Phi) is 5.96. The number of carbonyl (C=O) groups is 1. The first-order valence-corrected chi connectivity index (χ1v) is 10.7. The standard InChI is InChI=1S/C23H26ClN5O2/c1-14-15(2)27-31-22(14)18-13-25-23(28(3)4)26-21(18)19-9-6-10-29(19)20(30)12-16-7-5-8-17(24)11-16/h5,7-8,11,13,19H,6,9-10,12H2,1-4H3/t19-/m0/s1. The van der Waals surface area contributed by atoms with E-state index < -0.39 is 0 Å². The molecular weight excluding hydrogens is 414 g/mol. The van der Waals surface area contributed by atoms with Crippen LogP contribution in [0.5, 0.6) is 0 Å². The Morgan fingerprint density at radius 2 is 2.13 bits per heavy atom. The molecule has 3 heterocycles. The number of hydrogen-bond acceptors (Lipinski definition) is 6. The van der Waals surface area contributed by atoms with Crippen LogP contribution in [0.1, 0.15) is 41.4 Å². The summed E-state index contributed by atoms with van der Waals surface area (Å²) in [5.74, 6) is 1.32. The third-order valence-electron chi connectivity index (χ3n) is 5.74. The molecule has 0 spiro atoms. The first kappa shape index (κ1) is 21.3. The average Bonchev–Trinajstić information content (AvgIpc) is 3.35. The first-order chi connectivity index (χ1) is 14.8. The van der Waals surface area contributed by atoms with Crippen LogP contribution in [0.3, 0.4) is 0 Å². The molecule has 0 N–H and O–H groups in total. The lowest BCUT2D eigenvalue weighted by atomic mass is 10.0. The van der Waals surface area contributed by atoms with Crippen molar-refractivity contribution in [1.82, 2.24) is 20.0 Å². The Morgan fingerprint density at radius 1 is 1.32 bits per heavy atom. The minimum absolute atomic E-state index is 0.0613. The van der Waals surface area contributed by atoms with E-state index in [0.29, 0.717) is 29.7 Å². The second-order valence-corrected chi connectivity index (χ2v) is 8.57. The van der Waals surface area contributed by atoms with E-state index in [1.165, 1.54) is 0 Å². The van der Waals surface area contributed by atoms with Crippen LogP contribution < -0.4 is 4.90 Å². The number of aryl methyl sites for hydroxylation is 1. The highest BCUT2D eigenvalue weighted by Gasteiger charge is 2.34. The summed E-state index contributed by atoms with van der Waals surface area (Å²) in [7, 11) is 3.80. The van der Waals surface area contributed by atoms with Gasteiger partial charge in [0.15, 0.2) is 5.76 Å². The normalized spacial score (nSPS) is 16.0. The average molecular weight is 440 g/mol. The predicted molar refractivity (Wildman–Crippen MR) is 120 cm³/mol. The molecule has 31 heavy (non-hydrogen) atoms. The molecule has 1 aliphatic rings. The van der Waals surface area contributed by atoms with E-state index >= 15 is 0 Å². The van der Waals surface area contributed by atoms with Gasteiger partial charge in [-0.25, -0.2) is 9.97 Å². The summed E-state index contributed by atoms with van der Waals surface area (Å²) < 4.78 is 5.62. The Bertz CT molecular complexity index is 1110. The maximum Gasteiger partial charge on any atom is 0.227 e. The molecular formula is C23H26ClN5O2. The Labute approximate surface area is 187 Å². The van der Waals surface area contributed by atoms with Crippen molar-refractivity contribution in [3.8, 4) is 11.3 Å². The summed E-state index contributed by atoms with van der Waals surface area (Å²) in [6.07, 6.45) is 3.84. The van der Waals surface area contributed by atoms with Crippen LogP contribution in [0, 0.1) is 13.8 Å².